The van der Waals surface area contributed by atoms with Crippen LogP contribution in [0.2, 0.25) is 5.15 Å². The fourth-order valence-electron chi connectivity index (χ4n) is 2.05. The Morgan fingerprint density at radius 2 is 2.36 bits per heavy atom. The number of hydrogen-bond donors (Lipinski definition) is 1. The predicted molar refractivity (Wildman–Crippen MR) is 57.4 cm³/mol. The van der Waals surface area contributed by atoms with E-state index in [9.17, 15) is 0 Å². The standard InChI is InChI=1S/C10H16ClN3/c1-6(12)8-3-4-9-13-7(2)10(11)14(9)5-8/h6,8H,3-5,12H2,1-2H3. The number of nitrogens with zero attached hydrogens (tertiary/aromatic N) is 2. The maximum atomic E-state index is 6.16. The number of imidazole rings is 1. The molecule has 2 heterocycles. The Bertz CT molecular complexity index is 343. The molecule has 1 aromatic rings. The van der Waals surface area contributed by atoms with E-state index in [2.05, 4.69) is 16.5 Å². The van der Waals surface area contributed by atoms with Gasteiger partial charge in [-0.3, -0.25) is 0 Å². The van der Waals surface area contributed by atoms with Gasteiger partial charge in [-0.15, -0.1) is 0 Å². The van der Waals surface area contributed by atoms with E-state index in [4.69, 9.17) is 17.3 Å². The summed E-state index contributed by atoms with van der Waals surface area (Å²) in [5.74, 6) is 1.65. The molecule has 0 bridgehead atoms. The molecule has 2 unspecified atom stereocenters. The zero-order valence-corrected chi connectivity index (χ0v) is 9.38. The Hall–Kier alpha value is -0.540. The first-order valence-corrected chi connectivity index (χ1v) is 5.44. The number of fused-ring (bicyclic) bond motifs is 1. The summed E-state index contributed by atoms with van der Waals surface area (Å²) in [6, 6.07) is 0.238. The number of rotatable bonds is 1. The van der Waals surface area contributed by atoms with Crippen LogP contribution < -0.4 is 5.73 Å². The van der Waals surface area contributed by atoms with Gasteiger partial charge in [-0.2, -0.15) is 0 Å². The van der Waals surface area contributed by atoms with Crippen LogP contribution in [0.3, 0.4) is 0 Å². The van der Waals surface area contributed by atoms with E-state index in [0.717, 1.165) is 36.1 Å². The van der Waals surface area contributed by atoms with Crippen molar-refractivity contribution in [2.75, 3.05) is 0 Å². The third-order valence-corrected chi connectivity index (χ3v) is 3.52. The zero-order valence-electron chi connectivity index (χ0n) is 8.63. The fraction of sp³-hybridized carbons (Fsp3) is 0.700. The van der Waals surface area contributed by atoms with Crippen LogP contribution in [-0.4, -0.2) is 15.6 Å². The minimum absolute atomic E-state index is 0.238. The second kappa shape index (κ2) is 3.55. The summed E-state index contributed by atoms with van der Waals surface area (Å²) in [7, 11) is 0. The Kier molecular flexibility index (Phi) is 2.54. The maximum Gasteiger partial charge on any atom is 0.131 e. The van der Waals surface area contributed by atoms with Crippen molar-refractivity contribution in [3.05, 3.63) is 16.7 Å². The normalized spacial score (nSPS) is 23.3. The Morgan fingerprint density at radius 3 is 3.00 bits per heavy atom. The lowest BCUT2D eigenvalue weighted by molar-refractivity contribution is 0.321. The van der Waals surface area contributed by atoms with E-state index < -0.39 is 0 Å². The third kappa shape index (κ3) is 1.55. The van der Waals surface area contributed by atoms with Gasteiger partial charge in [-0.25, -0.2) is 4.98 Å². The van der Waals surface area contributed by atoms with Crippen LogP contribution in [0.15, 0.2) is 0 Å². The summed E-state index contributed by atoms with van der Waals surface area (Å²) in [5.41, 5.74) is 6.84. The minimum Gasteiger partial charge on any atom is -0.328 e. The van der Waals surface area contributed by atoms with Crippen molar-refractivity contribution in [3.8, 4) is 0 Å². The molecular weight excluding hydrogens is 198 g/mol. The van der Waals surface area contributed by atoms with Crippen LogP contribution in [0.25, 0.3) is 0 Å². The number of hydrogen-bond acceptors (Lipinski definition) is 2. The van der Waals surface area contributed by atoms with Crippen molar-refractivity contribution in [2.24, 2.45) is 11.7 Å². The molecule has 0 aromatic carbocycles. The van der Waals surface area contributed by atoms with Gasteiger partial charge in [0.15, 0.2) is 0 Å². The minimum atomic E-state index is 0.238. The number of aromatic nitrogens is 2. The molecule has 4 heteroatoms. The summed E-state index contributed by atoms with van der Waals surface area (Å²) in [6.07, 6.45) is 2.13. The molecule has 3 nitrogen and oxygen atoms in total. The first-order chi connectivity index (χ1) is 6.59. The van der Waals surface area contributed by atoms with Crippen LogP contribution in [0.4, 0.5) is 0 Å². The average Bonchev–Trinajstić information content (AvgIpc) is 2.43. The molecule has 0 amide bonds. The lowest BCUT2D eigenvalue weighted by atomic mass is 9.93. The van der Waals surface area contributed by atoms with Crippen molar-refractivity contribution in [3.63, 3.8) is 0 Å². The summed E-state index contributed by atoms with van der Waals surface area (Å²) < 4.78 is 2.11. The molecular formula is C10H16ClN3. The fourth-order valence-corrected chi connectivity index (χ4v) is 2.26. The molecule has 0 spiro atoms. The van der Waals surface area contributed by atoms with Gasteiger partial charge in [0.1, 0.15) is 11.0 Å². The molecule has 0 aliphatic carbocycles. The van der Waals surface area contributed by atoms with Gasteiger partial charge in [-0.05, 0) is 26.2 Å². The molecule has 1 aromatic heterocycles. The van der Waals surface area contributed by atoms with E-state index in [0.29, 0.717) is 5.92 Å². The van der Waals surface area contributed by atoms with E-state index in [-0.39, 0.29) is 6.04 Å². The molecule has 78 valence electrons. The van der Waals surface area contributed by atoms with Gasteiger partial charge in [-0.1, -0.05) is 11.6 Å². The van der Waals surface area contributed by atoms with E-state index >= 15 is 0 Å². The number of halogens is 1. The average molecular weight is 214 g/mol. The smallest absolute Gasteiger partial charge is 0.131 e. The predicted octanol–water partition coefficient (Wildman–Crippen LogP) is 1.75. The first kappa shape index (κ1) is 9.99. The van der Waals surface area contributed by atoms with Crippen molar-refractivity contribution < 1.29 is 0 Å². The molecule has 2 rings (SSSR count). The van der Waals surface area contributed by atoms with Gasteiger partial charge in [0.2, 0.25) is 0 Å². The molecule has 1 aliphatic heterocycles. The van der Waals surface area contributed by atoms with Crippen molar-refractivity contribution in [1.82, 2.24) is 9.55 Å². The zero-order chi connectivity index (χ0) is 10.3. The van der Waals surface area contributed by atoms with Crippen LogP contribution in [-0.2, 0) is 13.0 Å². The molecule has 2 N–H and O–H groups in total. The number of aryl methyl sites for hydroxylation is 2. The molecule has 0 radical (unpaired) electrons. The second-order valence-corrected chi connectivity index (χ2v) is 4.53. The summed E-state index contributed by atoms with van der Waals surface area (Å²) in [6.45, 7) is 4.94. The van der Waals surface area contributed by atoms with Crippen LogP contribution in [0.1, 0.15) is 24.9 Å². The topological polar surface area (TPSA) is 43.8 Å². The highest BCUT2D eigenvalue weighted by atomic mass is 35.5. The third-order valence-electron chi connectivity index (χ3n) is 3.04. The van der Waals surface area contributed by atoms with Gasteiger partial charge >= 0.3 is 0 Å². The van der Waals surface area contributed by atoms with E-state index in [1.807, 2.05) is 6.92 Å². The Labute approximate surface area is 89.3 Å². The second-order valence-electron chi connectivity index (χ2n) is 4.17. The monoisotopic (exact) mass is 213 g/mol. The van der Waals surface area contributed by atoms with Crippen molar-refractivity contribution >= 4 is 11.6 Å². The van der Waals surface area contributed by atoms with Crippen LogP contribution in [0.5, 0.6) is 0 Å². The maximum absolute atomic E-state index is 6.16. The summed E-state index contributed by atoms with van der Waals surface area (Å²) in [4.78, 5) is 4.43. The molecule has 0 saturated carbocycles. The van der Waals surface area contributed by atoms with Crippen molar-refractivity contribution in [2.45, 2.75) is 39.3 Å². The molecule has 0 fully saturated rings. The molecule has 1 aliphatic rings. The highest BCUT2D eigenvalue weighted by molar-refractivity contribution is 6.30. The van der Waals surface area contributed by atoms with Gasteiger partial charge in [0, 0.05) is 19.0 Å². The Morgan fingerprint density at radius 1 is 1.64 bits per heavy atom. The largest absolute Gasteiger partial charge is 0.328 e. The van der Waals surface area contributed by atoms with Crippen LogP contribution in [0, 0.1) is 12.8 Å². The van der Waals surface area contributed by atoms with E-state index in [1.54, 1.807) is 0 Å². The highest BCUT2D eigenvalue weighted by Crippen LogP contribution is 2.27. The highest BCUT2D eigenvalue weighted by Gasteiger charge is 2.24. The quantitative estimate of drug-likeness (QED) is 0.773. The lowest BCUT2D eigenvalue weighted by Gasteiger charge is -2.26. The number of nitrogens with two attached hydrogens (primary N) is 1. The molecule has 0 saturated heterocycles. The van der Waals surface area contributed by atoms with Gasteiger partial charge < -0.3 is 10.3 Å². The van der Waals surface area contributed by atoms with Gasteiger partial charge in [0.05, 0.1) is 5.69 Å². The molecule has 2 atom stereocenters. The van der Waals surface area contributed by atoms with Crippen LogP contribution >= 0.6 is 11.6 Å². The summed E-state index contributed by atoms with van der Waals surface area (Å²) in [5, 5.41) is 0.783. The first-order valence-electron chi connectivity index (χ1n) is 5.06. The Balaban J connectivity index is 2.29. The molecule has 14 heavy (non-hydrogen) atoms. The summed E-state index contributed by atoms with van der Waals surface area (Å²) >= 11 is 6.16. The van der Waals surface area contributed by atoms with E-state index in [1.165, 1.54) is 0 Å². The lowest BCUT2D eigenvalue weighted by Crippen LogP contribution is -2.33. The van der Waals surface area contributed by atoms with Gasteiger partial charge in [0.25, 0.3) is 0 Å². The SMILES string of the molecule is Cc1nc2n(c1Cl)CC(C(C)N)CC2. The van der Waals surface area contributed by atoms with Crippen molar-refractivity contribution in [1.29, 1.82) is 0 Å².